The molecule has 0 fully saturated rings. The third kappa shape index (κ3) is 4.91. The first-order valence-corrected chi connectivity index (χ1v) is 11.8. The molecule has 3 amide bonds. The molecule has 0 aliphatic carbocycles. The Morgan fingerprint density at radius 2 is 1.84 bits per heavy atom. The van der Waals surface area contributed by atoms with Crippen LogP contribution < -0.4 is 5.32 Å². The summed E-state index contributed by atoms with van der Waals surface area (Å²) in [5, 5.41) is 2.50. The summed E-state index contributed by atoms with van der Waals surface area (Å²) < 4.78 is 22.5. The van der Waals surface area contributed by atoms with Crippen molar-refractivity contribution in [3.8, 4) is 0 Å². The van der Waals surface area contributed by atoms with E-state index in [4.69, 9.17) is 9.26 Å². The van der Waals surface area contributed by atoms with E-state index >= 15 is 0 Å². The maximum absolute atomic E-state index is 13.2. The number of hydrogen-bond donors (Lipinski definition) is 2. The molecule has 0 saturated carbocycles. The van der Waals surface area contributed by atoms with Crippen molar-refractivity contribution in [3.05, 3.63) is 65.2 Å². The number of benzene rings is 2. The first-order chi connectivity index (χ1) is 15.3. The highest BCUT2D eigenvalue weighted by Crippen LogP contribution is 2.52. The molecule has 9 nitrogen and oxygen atoms in total. The predicted molar refractivity (Wildman–Crippen MR) is 117 cm³/mol. The molecule has 0 aromatic heterocycles. The molecule has 0 spiro atoms. The van der Waals surface area contributed by atoms with Gasteiger partial charge in [0.1, 0.15) is 12.4 Å². The average Bonchev–Trinajstić information content (AvgIpc) is 3.04. The molecule has 1 aliphatic rings. The largest absolute Gasteiger partial charge is 0.444 e. The molecule has 1 aliphatic heterocycles. The molecule has 2 aromatic carbocycles. The fourth-order valence-corrected chi connectivity index (χ4v) is 4.75. The first-order valence-electron chi connectivity index (χ1n) is 10.2. The number of amides is 3. The summed E-state index contributed by atoms with van der Waals surface area (Å²) >= 11 is 0. The predicted octanol–water partition coefficient (Wildman–Crippen LogP) is 4.38. The maximum Gasteiger partial charge on any atom is 0.411 e. The molecule has 170 valence electrons. The maximum atomic E-state index is 13.2. The second-order valence-electron chi connectivity index (χ2n) is 7.26. The van der Waals surface area contributed by atoms with E-state index in [1.54, 1.807) is 12.1 Å². The number of nitrogens with one attached hydrogen (secondary N) is 1. The minimum Gasteiger partial charge on any atom is -0.444 e. The highest BCUT2D eigenvalue weighted by molar-refractivity contribution is 7.53. The van der Waals surface area contributed by atoms with Gasteiger partial charge in [-0.15, -0.1) is 0 Å². The Bertz CT molecular complexity index is 1060. The highest BCUT2D eigenvalue weighted by Gasteiger charge is 2.48. The topological polar surface area (TPSA) is 122 Å². The molecule has 0 radical (unpaired) electrons. The van der Waals surface area contributed by atoms with Crippen LogP contribution in [-0.4, -0.2) is 40.6 Å². The Morgan fingerprint density at radius 3 is 2.50 bits per heavy atom. The van der Waals surface area contributed by atoms with Gasteiger partial charge in [-0.3, -0.25) is 24.4 Å². The minimum atomic E-state index is -4.28. The number of imide groups is 1. The zero-order chi connectivity index (χ0) is 23.3. The zero-order valence-electron chi connectivity index (χ0n) is 17.8. The second kappa shape index (κ2) is 10.1. The number of hydrogen-bond acceptors (Lipinski definition) is 6. The van der Waals surface area contributed by atoms with E-state index in [0.717, 1.165) is 17.6 Å². The van der Waals surface area contributed by atoms with Crippen molar-refractivity contribution < 1.29 is 33.1 Å². The lowest BCUT2D eigenvalue weighted by molar-refractivity contribution is 0.0604. The van der Waals surface area contributed by atoms with Crippen LogP contribution in [0.3, 0.4) is 0 Å². The van der Waals surface area contributed by atoms with Gasteiger partial charge in [0, 0.05) is 7.11 Å². The molecular formula is C22H25N2O7P. The summed E-state index contributed by atoms with van der Waals surface area (Å²) in [5.74, 6) is -2.80. The highest BCUT2D eigenvalue weighted by atomic mass is 31.2. The van der Waals surface area contributed by atoms with Crippen molar-refractivity contribution >= 4 is 31.2 Å². The van der Waals surface area contributed by atoms with Crippen LogP contribution in [0.2, 0.25) is 0 Å². The van der Waals surface area contributed by atoms with Gasteiger partial charge in [0.2, 0.25) is 0 Å². The molecule has 2 aromatic rings. The molecule has 10 heteroatoms. The zero-order valence-corrected chi connectivity index (χ0v) is 18.7. The third-order valence-electron chi connectivity index (χ3n) is 5.15. The molecule has 0 bridgehead atoms. The van der Waals surface area contributed by atoms with E-state index in [2.05, 4.69) is 5.32 Å². The van der Waals surface area contributed by atoms with Crippen molar-refractivity contribution in [1.82, 2.24) is 4.90 Å². The van der Waals surface area contributed by atoms with E-state index in [0.29, 0.717) is 12.8 Å². The van der Waals surface area contributed by atoms with Crippen LogP contribution in [-0.2, 0) is 20.4 Å². The van der Waals surface area contributed by atoms with Gasteiger partial charge in [0.25, 0.3) is 11.8 Å². The lowest BCUT2D eigenvalue weighted by atomic mass is 10.1. The second-order valence-corrected chi connectivity index (χ2v) is 9.35. The number of nitrogens with zero attached hydrogens (tertiary/aromatic N) is 1. The van der Waals surface area contributed by atoms with Crippen molar-refractivity contribution in [2.45, 2.75) is 38.6 Å². The molecule has 3 rings (SSSR count). The van der Waals surface area contributed by atoms with Gasteiger partial charge >= 0.3 is 13.7 Å². The Kier molecular flexibility index (Phi) is 7.45. The fraction of sp³-hybridized carbons (Fsp3) is 0.318. The van der Waals surface area contributed by atoms with Crippen LogP contribution in [0.5, 0.6) is 0 Å². The number of rotatable bonds is 9. The standard InChI is InChI=1S/C22H25N2O7P/c1-3-4-13-18(32(28,29)30-2)24-20(25)16-11-8-12-17(19(16)21(24)26)23-22(27)31-14-15-9-6-5-7-10-15/h5-12,18H,3-4,13-14H2,1-2H3,(H,23,27)(H,28,29). The van der Waals surface area contributed by atoms with Crippen molar-refractivity contribution in [3.63, 3.8) is 0 Å². The van der Waals surface area contributed by atoms with Crippen LogP contribution in [0, 0.1) is 0 Å². The molecule has 32 heavy (non-hydrogen) atoms. The Morgan fingerprint density at radius 1 is 1.12 bits per heavy atom. The monoisotopic (exact) mass is 460 g/mol. The van der Waals surface area contributed by atoms with Crippen molar-refractivity contribution in [1.29, 1.82) is 0 Å². The average molecular weight is 460 g/mol. The number of anilines is 1. The molecule has 2 atom stereocenters. The van der Waals surface area contributed by atoms with Gasteiger partial charge in [-0.1, -0.05) is 56.2 Å². The minimum absolute atomic E-state index is 0.0291. The summed E-state index contributed by atoms with van der Waals surface area (Å²) in [6.07, 6.45) is 0.533. The summed E-state index contributed by atoms with van der Waals surface area (Å²) in [4.78, 5) is 49.5. The molecule has 2 unspecified atom stereocenters. The number of ether oxygens (including phenoxy) is 1. The van der Waals surface area contributed by atoms with E-state index in [9.17, 15) is 23.8 Å². The number of unbranched alkanes of at least 4 members (excludes halogenated alkanes) is 1. The summed E-state index contributed by atoms with van der Waals surface area (Å²) in [7, 11) is -3.22. The van der Waals surface area contributed by atoms with Gasteiger partial charge in [-0.25, -0.2) is 4.79 Å². The van der Waals surface area contributed by atoms with E-state index < -0.39 is 31.3 Å². The molecular weight excluding hydrogens is 435 g/mol. The Balaban J connectivity index is 1.83. The Hall–Kier alpha value is -3.00. The van der Waals surface area contributed by atoms with Crippen LogP contribution in [0.1, 0.15) is 52.5 Å². The summed E-state index contributed by atoms with van der Waals surface area (Å²) in [6, 6.07) is 13.5. The Labute approximate surface area is 185 Å². The number of carbonyl (C=O) groups is 3. The SMILES string of the molecule is CCCCC(N1C(=O)c2cccc(NC(=O)OCc3ccccc3)c2C1=O)P(=O)(O)OC. The first kappa shape index (κ1) is 23.7. The van der Waals surface area contributed by atoms with E-state index in [1.807, 2.05) is 25.1 Å². The quantitative estimate of drug-likeness (QED) is 0.421. The van der Waals surface area contributed by atoms with Crippen LogP contribution in [0.4, 0.5) is 10.5 Å². The number of carbonyl (C=O) groups excluding carboxylic acids is 3. The van der Waals surface area contributed by atoms with Gasteiger partial charge in [0.15, 0.2) is 0 Å². The smallest absolute Gasteiger partial charge is 0.411 e. The van der Waals surface area contributed by atoms with Gasteiger partial charge in [-0.2, -0.15) is 0 Å². The van der Waals surface area contributed by atoms with Crippen molar-refractivity contribution in [2.24, 2.45) is 0 Å². The number of fused-ring (bicyclic) bond motifs is 1. The normalized spacial score (nSPS) is 15.8. The van der Waals surface area contributed by atoms with Crippen LogP contribution in [0.25, 0.3) is 0 Å². The van der Waals surface area contributed by atoms with E-state index in [-0.39, 0.29) is 29.8 Å². The van der Waals surface area contributed by atoms with Gasteiger partial charge in [-0.05, 0) is 24.1 Å². The van der Waals surface area contributed by atoms with E-state index in [1.165, 1.54) is 18.2 Å². The summed E-state index contributed by atoms with van der Waals surface area (Å²) in [5.41, 5.74) is 0.858. The van der Waals surface area contributed by atoms with Crippen molar-refractivity contribution in [2.75, 3.05) is 12.4 Å². The van der Waals surface area contributed by atoms with Gasteiger partial charge < -0.3 is 14.2 Å². The van der Waals surface area contributed by atoms with Crippen LogP contribution in [0.15, 0.2) is 48.5 Å². The fourth-order valence-electron chi connectivity index (χ4n) is 3.49. The van der Waals surface area contributed by atoms with Crippen LogP contribution >= 0.6 is 7.60 Å². The lowest BCUT2D eigenvalue weighted by Crippen LogP contribution is -2.40. The lowest BCUT2D eigenvalue weighted by Gasteiger charge is -2.28. The molecule has 1 heterocycles. The third-order valence-corrected chi connectivity index (χ3v) is 6.91. The molecule has 2 N–H and O–H groups in total. The molecule has 0 saturated heterocycles. The van der Waals surface area contributed by atoms with Gasteiger partial charge in [0.05, 0.1) is 16.8 Å². The summed E-state index contributed by atoms with van der Waals surface area (Å²) in [6.45, 7) is 1.92.